The Labute approximate surface area is 249 Å². The number of anilines is 1. The van der Waals surface area contributed by atoms with Gasteiger partial charge >= 0.3 is 12.2 Å². The first-order chi connectivity index (χ1) is 20.2. The van der Waals surface area contributed by atoms with Gasteiger partial charge in [-0.2, -0.15) is 13.2 Å². The van der Waals surface area contributed by atoms with Crippen LogP contribution in [-0.2, 0) is 27.1 Å². The Morgan fingerprint density at radius 3 is 2.07 bits per heavy atom. The number of urea groups is 1. The number of rotatable bonds is 9. The molecule has 0 bridgehead atoms. The molecule has 1 spiro atoms. The third kappa shape index (κ3) is 6.40. The number of imide groups is 1. The van der Waals surface area contributed by atoms with Gasteiger partial charge in [0, 0.05) is 12.2 Å². The molecule has 0 aromatic heterocycles. The van der Waals surface area contributed by atoms with Gasteiger partial charge in [0.25, 0.3) is 5.91 Å². The number of nitrogens with two attached hydrogens (primary N) is 1. The van der Waals surface area contributed by atoms with Gasteiger partial charge in [-0.25, -0.2) is 9.69 Å². The fourth-order valence-electron chi connectivity index (χ4n) is 6.28. The molecule has 43 heavy (non-hydrogen) atoms. The van der Waals surface area contributed by atoms with Gasteiger partial charge in [0.15, 0.2) is 0 Å². The van der Waals surface area contributed by atoms with Gasteiger partial charge < -0.3 is 16.0 Å². The molecule has 1 atom stereocenters. The molecule has 2 aromatic carbocycles. The first kappa shape index (κ1) is 32.0. The molecule has 1 aliphatic carbocycles. The number of hydrogen-bond acceptors (Lipinski definition) is 4. The number of para-hydroxylation sites is 1. The summed E-state index contributed by atoms with van der Waals surface area (Å²) in [5.41, 5.74) is 5.80. The van der Waals surface area contributed by atoms with Crippen molar-refractivity contribution in [2.24, 2.45) is 5.73 Å². The Morgan fingerprint density at radius 2 is 1.53 bits per heavy atom. The second-order valence-corrected chi connectivity index (χ2v) is 12.1. The number of nitrogens with zero attached hydrogens (tertiary/aromatic N) is 2. The van der Waals surface area contributed by atoms with Crippen molar-refractivity contribution >= 4 is 29.4 Å². The number of carbonyl (C=O) groups is 4. The molecule has 3 N–H and O–H groups in total. The van der Waals surface area contributed by atoms with E-state index in [1.54, 1.807) is 0 Å². The van der Waals surface area contributed by atoms with Gasteiger partial charge in [0.1, 0.15) is 11.6 Å². The summed E-state index contributed by atoms with van der Waals surface area (Å²) in [7, 11) is 0. The van der Waals surface area contributed by atoms with E-state index < -0.39 is 53.5 Å². The van der Waals surface area contributed by atoms with Gasteiger partial charge in [-0.15, -0.1) is 0 Å². The van der Waals surface area contributed by atoms with Gasteiger partial charge in [0.05, 0.1) is 12.0 Å². The molecule has 2 aromatic rings. The first-order valence-corrected chi connectivity index (χ1v) is 14.7. The predicted octanol–water partition coefficient (Wildman–Crippen LogP) is 6.30. The molecular weight excluding hydrogens is 561 g/mol. The zero-order valence-electron chi connectivity index (χ0n) is 25.0. The van der Waals surface area contributed by atoms with Crippen molar-refractivity contribution < 1.29 is 32.3 Å². The van der Waals surface area contributed by atoms with Gasteiger partial charge in [-0.05, 0) is 53.5 Å². The standard InChI is InChI=1S/C32H39F3N4O4/c1-19(2)23-12-9-13-24(20(3)4)27(23)37-28(41)25(17-26(36)40)39-29(42)31(14-6-5-7-15-31)38(30(39)43)18-21-10-8-11-22(16-21)32(33,34)35/h8-13,16,19-20,25H,5-7,14-15,17-18H2,1-4H3,(H2,36,40)(H,37,41). The monoisotopic (exact) mass is 600 g/mol. The number of hydrogen-bond donors (Lipinski definition) is 2. The molecule has 232 valence electrons. The fourth-order valence-corrected chi connectivity index (χ4v) is 6.28. The van der Waals surface area contributed by atoms with Crippen molar-refractivity contribution in [1.29, 1.82) is 0 Å². The molecule has 8 nitrogen and oxygen atoms in total. The average Bonchev–Trinajstić information content (AvgIpc) is 3.12. The molecule has 5 amide bonds. The lowest BCUT2D eigenvalue weighted by Crippen LogP contribution is -2.52. The number of primary amides is 1. The maximum Gasteiger partial charge on any atom is 0.416 e. The highest BCUT2D eigenvalue weighted by molar-refractivity contribution is 6.12. The summed E-state index contributed by atoms with van der Waals surface area (Å²) in [5.74, 6) is -2.18. The Kier molecular flexibility index (Phi) is 9.22. The highest BCUT2D eigenvalue weighted by atomic mass is 19.4. The lowest BCUT2D eigenvalue weighted by molar-refractivity contribution is -0.140. The van der Waals surface area contributed by atoms with Gasteiger partial charge in [0.2, 0.25) is 11.8 Å². The van der Waals surface area contributed by atoms with E-state index in [9.17, 15) is 32.3 Å². The second kappa shape index (κ2) is 12.4. The number of nitrogens with one attached hydrogen (secondary N) is 1. The zero-order valence-corrected chi connectivity index (χ0v) is 25.0. The van der Waals surface area contributed by atoms with Crippen LogP contribution in [0, 0.1) is 0 Å². The topological polar surface area (TPSA) is 113 Å². The molecule has 0 radical (unpaired) electrons. The number of benzene rings is 2. The van der Waals surface area contributed by atoms with E-state index >= 15 is 0 Å². The first-order valence-electron chi connectivity index (χ1n) is 14.7. The second-order valence-electron chi connectivity index (χ2n) is 12.1. The lowest BCUT2D eigenvalue weighted by atomic mass is 9.80. The summed E-state index contributed by atoms with van der Waals surface area (Å²) in [4.78, 5) is 56.6. The highest BCUT2D eigenvalue weighted by Gasteiger charge is 2.59. The van der Waals surface area contributed by atoms with Crippen LogP contribution in [-0.4, -0.2) is 45.1 Å². The van der Waals surface area contributed by atoms with Crippen molar-refractivity contribution in [3.8, 4) is 0 Å². The van der Waals surface area contributed by atoms with Crippen LogP contribution in [0.15, 0.2) is 42.5 Å². The van der Waals surface area contributed by atoms with Crippen molar-refractivity contribution in [3.05, 3.63) is 64.7 Å². The minimum absolute atomic E-state index is 0.0344. The van der Waals surface area contributed by atoms with E-state index in [1.807, 2.05) is 45.9 Å². The van der Waals surface area contributed by atoms with Crippen LogP contribution in [0.3, 0.4) is 0 Å². The number of carbonyl (C=O) groups excluding carboxylic acids is 4. The summed E-state index contributed by atoms with van der Waals surface area (Å²) >= 11 is 0. The predicted molar refractivity (Wildman–Crippen MR) is 156 cm³/mol. The molecule has 1 unspecified atom stereocenters. The smallest absolute Gasteiger partial charge is 0.370 e. The zero-order chi connectivity index (χ0) is 31.7. The van der Waals surface area contributed by atoms with Crippen LogP contribution < -0.4 is 11.1 Å². The largest absolute Gasteiger partial charge is 0.416 e. The van der Waals surface area contributed by atoms with Crippen LogP contribution in [0.2, 0.25) is 0 Å². The van der Waals surface area contributed by atoms with Crippen LogP contribution >= 0.6 is 0 Å². The van der Waals surface area contributed by atoms with E-state index in [0.29, 0.717) is 31.4 Å². The molecule has 4 rings (SSSR count). The van der Waals surface area contributed by atoms with Crippen LogP contribution in [0.25, 0.3) is 0 Å². The minimum Gasteiger partial charge on any atom is -0.370 e. The van der Waals surface area contributed by atoms with Crippen LogP contribution in [0.5, 0.6) is 0 Å². The summed E-state index contributed by atoms with van der Waals surface area (Å²) in [6.45, 7) is 7.64. The summed E-state index contributed by atoms with van der Waals surface area (Å²) in [5, 5.41) is 2.91. The Balaban J connectivity index is 1.75. The maximum atomic E-state index is 14.2. The van der Waals surface area contributed by atoms with E-state index in [4.69, 9.17) is 5.73 Å². The van der Waals surface area contributed by atoms with Crippen LogP contribution in [0.1, 0.15) is 100 Å². The van der Waals surface area contributed by atoms with Gasteiger partial charge in [-0.1, -0.05) is 77.3 Å². The average molecular weight is 601 g/mol. The number of amides is 5. The third-order valence-corrected chi connectivity index (χ3v) is 8.48. The normalized spacial score (nSPS) is 17.7. The summed E-state index contributed by atoms with van der Waals surface area (Å²) in [6, 6.07) is 7.92. The molecule has 11 heteroatoms. The number of halogens is 3. The van der Waals surface area contributed by atoms with E-state index in [-0.39, 0.29) is 23.9 Å². The van der Waals surface area contributed by atoms with E-state index in [0.717, 1.165) is 34.6 Å². The molecule has 2 aliphatic rings. The third-order valence-electron chi connectivity index (χ3n) is 8.48. The van der Waals surface area contributed by atoms with E-state index in [2.05, 4.69) is 5.32 Å². The molecule has 1 saturated heterocycles. The Bertz CT molecular complexity index is 1370. The summed E-state index contributed by atoms with van der Waals surface area (Å²) < 4.78 is 40.4. The summed E-state index contributed by atoms with van der Waals surface area (Å²) in [6.07, 6.45) is -2.51. The maximum absolute atomic E-state index is 14.2. The lowest BCUT2D eigenvalue weighted by Gasteiger charge is -2.38. The van der Waals surface area contributed by atoms with Gasteiger partial charge in [-0.3, -0.25) is 14.4 Å². The van der Waals surface area contributed by atoms with E-state index in [1.165, 1.54) is 17.0 Å². The quantitative estimate of drug-likeness (QED) is 0.329. The Morgan fingerprint density at radius 1 is 0.953 bits per heavy atom. The van der Waals surface area contributed by atoms with Crippen molar-refractivity contribution in [1.82, 2.24) is 9.80 Å². The Hall–Kier alpha value is -3.89. The number of alkyl halides is 3. The molecule has 1 heterocycles. The van der Waals surface area contributed by atoms with Crippen molar-refractivity contribution in [2.75, 3.05) is 5.32 Å². The SMILES string of the molecule is CC(C)c1cccc(C(C)C)c1NC(=O)C(CC(N)=O)N1C(=O)N(Cc2cccc(C(F)(F)F)c2)C2(CCCCC2)C1=O. The fraction of sp³-hybridized carbons (Fsp3) is 0.500. The molecular formula is C32H39F3N4O4. The molecule has 1 aliphatic heterocycles. The van der Waals surface area contributed by atoms with Crippen molar-refractivity contribution in [3.63, 3.8) is 0 Å². The van der Waals surface area contributed by atoms with Crippen LogP contribution in [0.4, 0.5) is 23.7 Å². The molecule has 1 saturated carbocycles. The highest BCUT2D eigenvalue weighted by Crippen LogP contribution is 2.43. The molecule has 2 fully saturated rings. The van der Waals surface area contributed by atoms with Crippen molar-refractivity contribution in [2.45, 2.75) is 102 Å². The minimum atomic E-state index is -4.58.